The van der Waals surface area contributed by atoms with Gasteiger partial charge in [-0.15, -0.1) is 0 Å². The van der Waals surface area contributed by atoms with Crippen LogP contribution in [0.15, 0.2) is 0 Å². The van der Waals surface area contributed by atoms with Crippen molar-refractivity contribution in [1.29, 1.82) is 0 Å². The van der Waals surface area contributed by atoms with E-state index >= 15 is 0 Å². The monoisotopic (exact) mass is 257 g/mol. The molecule has 5 heteroatoms. The molecule has 3 radical (unpaired) electrons. The third kappa shape index (κ3) is 3760. The van der Waals surface area contributed by atoms with Gasteiger partial charge in [0.15, 0.2) is 0 Å². The van der Waals surface area contributed by atoms with E-state index in [4.69, 9.17) is 15.3 Å². The van der Waals surface area contributed by atoms with Crippen LogP contribution in [0.1, 0.15) is 62.3 Å². The molecule has 0 unspecified atom stereocenters. The standard InChI is InChI=1S/3C4H10O.Al.Li.H/c3*1-4(2,3)5;;;/h3*5H,1-3H3;;;/q;;;-1;+1;. The fraction of sp³-hybridized carbons (Fsp3) is 1.00. The van der Waals surface area contributed by atoms with Gasteiger partial charge in [-0.05, 0) is 62.3 Å². The van der Waals surface area contributed by atoms with Gasteiger partial charge in [0.2, 0.25) is 0 Å². The van der Waals surface area contributed by atoms with Gasteiger partial charge in [0.1, 0.15) is 0 Å². The molecule has 0 aromatic heterocycles. The van der Waals surface area contributed by atoms with Crippen LogP contribution in [0.5, 0.6) is 0 Å². The number of rotatable bonds is 0. The fourth-order valence-corrected chi connectivity index (χ4v) is 0. The average Bonchev–Trinajstić information content (AvgIpc) is 1.41. The molecule has 0 heterocycles. The van der Waals surface area contributed by atoms with Crippen molar-refractivity contribution in [3.8, 4) is 0 Å². The Morgan fingerprint density at radius 2 is 0.471 bits per heavy atom. The van der Waals surface area contributed by atoms with Crippen LogP contribution in [-0.2, 0) is 0 Å². The Morgan fingerprint density at radius 3 is 0.471 bits per heavy atom. The molecule has 0 saturated heterocycles. The van der Waals surface area contributed by atoms with Gasteiger partial charge in [-0.1, -0.05) is 0 Å². The molecule has 0 fully saturated rings. The molecule has 0 atom stereocenters. The molecule has 0 saturated carbocycles. The summed E-state index contributed by atoms with van der Waals surface area (Å²) in [6.07, 6.45) is 0. The van der Waals surface area contributed by atoms with Crippen molar-refractivity contribution < 1.29 is 34.2 Å². The molecular weight excluding hydrogens is 226 g/mol. The van der Waals surface area contributed by atoms with E-state index in [1.165, 1.54) is 0 Å². The first-order valence-corrected chi connectivity index (χ1v) is 5.17. The minimum absolute atomic E-state index is 0. The van der Waals surface area contributed by atoms with Crippen molar-refractivity contribution in [3.63, 3.8) is 0 Å². The predicted molar refractivity (Wildman–Crippen MR) is 73.1 cm³/mol. The topological polar surface area (TPSA) is 60.7 Å². The summed E-state index contributed by atoms with van der Waals surface area (Å²) in [6.45, 7) is 15.7. The molecule has 0 aliphatic rings. The minimum Gasteiger partial charge on any atom is -0.611 e. The Morgan fingerprint density at radius 1 is 0.471 bits per heavy atom. The summed E-state index contributed by atoms with van der Waals surface area (Å²) in [5, 5.41) is 25.6. The Balaban J connectivity index is -0.0000000400. The van der Waals surface area contributed by atoms with E-state index < -0.39 is 16.8 Å². The van der Waals surface area contributed by atoms with Gasteiger partial charge in [0.25, 0.3) is 0 Å². The van der Waals surface area contributed by atoms with E-state index in [1.54, 1.807) is 62.3 Å². The van der Waals surface area contributed by atoms with Crippen LogP contribution in [0.25, 0.3) is 0 Å². The number of hydrogen-bond donors (Lipinski definition) is 3. The normalized spacial score (nSPS) is 10.6. The SMILES string of the molecule is CC(C)(C)O.CC(C)(C)O.CC(C)(C)O.[AlH-].[Li+]. The average molecular weight is 257 g/mol. The molecular formula is C12H31AlLiO3. The number of aliphatic hydroxyl groups is 3. The van der Waals surface area contributed by atoms with E-state index in [2.05, 4.69) is 0 Å². The van der Waals surface area contributed by atoms with E-state index in [9.17, 15) is 0 Å². The summed E-state index contributed by atoms with van der Waals surface area (Å²) < 4.78 is 0. The Labute approximate surface area is 130 Å². The molecule has 0 aromatic carbocycles. The first-order valence-electron chi connectivity index (χ1n) is 5.17. The molecule has 3 nitrogen and oxygen atoms in total. The zero-order valence-electron chi connectivity index (χ0n) is 13.5. The fourth-order valence-electron chi connectivity index (χ4n) is 0. The van der Waals surface area contributed by atoms with Crippen molar-refractivity contribution in [3.05, 3.63) is 0 Å². The van der Waals surface area contributed by atoms with Gasteiger partial charge in [-0.2, -0.15) is 0 Å². The van der Waals surface area contributed by atoms with Crippen molar-refractivity contribution in [2.24, 2.45) is 0 Å². The molecule has 101 valence electrons. The maximum atomic E-state index is 8.52. The van der Waals surface area contributed by atoms with Gasteiger partial charge >= 0.3 is 18.9 Å². The summed E-state index contributed by atoms with van der Waals surface area (Å²) >= 11 is 0. The van der Waals surface area contributed by atoms with Crippen LogP contribution in [0.3, 0.4) is 0 Å². The van der Waals surface area contributed by atoms with Crippen molar-refractivity contribution in [2.45, 2.75) is 79.1 Å². The van der Waals surface area contributed by atoms with E-state index in [1.807, 2.05) is 0 Å². The summed E-state index contributed by atoms with van der Waals surface area (Å²) in [6, 6.07) is 0. The van der Waals surface area contributed by atoms with Crippen molar-refractivity contribution in [1.82, 2.24) is 0 Å². The van der Waals surface area contributed by atoms with Crippen LogP contribution in [0, 0.1) is 0 Å². The third-order valence-electron chi connectivity index (χ3n) is 0. The van der Waals surface area contributed by atoms with Crippen molar-refractivity contribution in [2.75, 3.05) is 0 Å². The third-order valence-corrected chi connectivity index (χ3v) is 0. The van der Waals surface area contributed by atoms with Crippen LogP contribution >= 0.6 is 0 Å². The zero-order chi connectivity index (χ0) is 13.5. The van der Waals surface area contributed by atoms with Crippen molar-refractivity contribution >= 4 is 17.4 Å². The van der Waals surface area contributed by atoms with Gasteiger partial charge in [-0.3, -0.25) is 0 Å². The molecule has 0 bridgehead atoms. The molecule has 3 N–H and O–H groups in total. The second-order valence-corrected chi connectivity index (χ2v) is 6.51. The Hall–Kier alpha value is 1.01. The molecule has 0 amide bonds. The molecule has 0 rings (SSSR count). The van der Waals surface area contributed by atoms with Gasteiger partial charge < -0.3 is 32.7 Å². The smallest absolute Gasteiger partial charge is 0.611 e. The van der Waals surface area contributed by atoms with Gasteiger partial charge in [0, 0.05) is 0 Å². The predicted octanol–water partition coefficient (Wildman–Crippen LogP) is -1.31. The second-order valence-electron chi connectivity index (χ2n) is 6.51. The minimum atomic E-state index is -0.500. The molecule has 0 aliphatic carbocycles. The van der Waals surface area contributed by atoms with E-state index in [0.717, 1.165) is 0 Å². The second kappa shape index (κ2) is 12.1. The summed E-state index contributed by atoms with van der Waals surface area (Å²) in [7, 11) is 0. The Kier molecular flexibility index (Phi) is 21.8. The maximum absolute atomic E-state index is 8.52. The molecule has 0 spiro atoms. The van der Waals surface area contributed by atoms with Gasteiger partial charge in [0.05, 0.1) is 16.8 Å². The quantitative estimate of drug-likeness (QED) is 0.472. The zero-order valence-corrected chi connectivity index (χ0v) is 15.0. The summed E-state index contributed by atoms with van der Waals surface area (Å²) in [5.41, 5.74) is -1.50. The summed E-state index contributed by atoms with van der Waals surface area (Å²) in [4.78, 5) is 0. The van der Waals surface area contributed by atoms with Crippen LogP contribution in [-0.4, -0.2) is 49.5 Å². The summed E-state index contributed by atoms with van der Waals surface area (Å²) in [5.74, 6) is 0. The van der Waals surface area contributed by atoms with Crippen LogP contribution in [0.2, 0.25) is 0 Å². The first-order chi connectivity index (χ1) is 6.00. The first kappa shape index (κ1) is 30.8. The Bertz CT molecular complexity index is 96.8. The largest absolute Gasteiger partial charge is 1.00 e. The van der Waals surface area contributed by atoms with Gasteiger partial charge in [-0.25, -0.2) is 0 Å². The maximum Gasteiger partial charge on any atom is 1.00 e. The molecule has 0 aromatic rings. The van der Waals surface area contributed by atoms with E-state index in [-0.39, 0.29) is 36.2 Å². The molecule has 17 heavy (non-hydrogen) atoms. The molecule has 0 aliphatic heterocycles. The number of hydrogen-bond acceptors (Lipinski definition) is 3. The van der Waals surface area contributed by atoms with Crippen LogP contribution in [0.4, 0.5) is 0 Å². The van der Waals surface area contributed by atoms with Crippen LogP contribution < -0.4 is 18.9 Å². The van der Waals surface area contributed by atoms with E-state index in [0.29, 0.717) is 0 Å².